The van der Waals surface area contributed by atoms with Gasteiger partial charge < -0.3 is 9.80 Å². The number of amides is 2. The van der Waals surface area contributed by atoms with Crippen LogP contribution in [-0.4, -0.2) is 17.9 Å². The number of nitrogens with zero attached hydrogens (tertiary/aromatic N) is 2. The first kappa shape index (κ1) is 22.1. The standard InChI is InChI=1S/C26H34N2O2/c1-4-5-6-7-11-18-26(30)27-20(2)19-25(23-16-12-13-17-24(23)27)28(21(3)29)22-14-9-8-10-15-22/h8-10,12-17,20,25H,4-7,11,18-19H2,1-3H3/t20-,25+/m1/s1. The SMILES string of the molecule is CCCCCCCC(=O)N1c2ccccc2[C@@H](N(C(C)=O)c2ccccc2)C[C@H]1C. The topological polar surface area (TPSA) is 40.6 Å². The molecule has 0 radical (unpaired) electrons. The number of carbonyl (C=O) groups is 2. The first-order valence-corrected chi connectivity index (χ1v) is 11.3. The highest BCUT2D eigenvalue weighted by Gasteiger charge is 2.37. The molecule has 0 saturated heterocycles. The average Bonchev–Trinajstić information content (AvgIpc) is 2.74. The molecule has 0 saturated carbocycles. The van der Waals surface area contributed by atoms with E-state index < -0.39 is 0 Å². The number of benzene rings is 2. The molecule has 0 aliphatic carbocycles. The maximum Gasteiger partial charge on any atom is 0.227 e. The Balaban J connectivity index is 1.86. The molecule has 1 aliphatic rings. The second-order valence-electron chi connectivity index (χ2n) is 8.31. The zero-order chi connectivity index (χ0) is 21.5. The lowest BCUT2D eigenvalue weighted by atomic mass is 9.89. The van der Waals surface area contributed by atoms with Crippen LogP contribution in [-0.2, 0) is 9.59 Å². The molecule has 4 nitrogen and oxygen atoms in total. The van der Waals surface area contributed by atoms with Crippen LogP contribution in [0.3, 0.4) is 0 Å². The summed E-state index contributed by atoms with van der Waals surface area (Å²) in [6.07, 6.45) is 7.01. The lowest BCUT2D eigenvalue weighted by Gasteiger charge is -2.43. The molecular formula is C26H34N2O2. The first-order chi connectivity index (χ1) is 14.5. The Bertz CT molecular complexity index is 849. The number of hydrogen-bond donors (Lipinski definition) is 0. The van der Waals surface area contributed by atoms with Gasteiger partial charge in [-0.1, -0.05) is 69.0 Å². The Hall–Kier alpha value is -2.62. The fraction of sp³-hybridized carbons (Fsp3) is 0.462. The Morgan fingerprint density at radius 3 is 2.33 bits per heavy atom. The van der Waals surface area contributed by atoms with Crippen LogP contribution in [0, 0.1) is 0 Å². The molecule has 0 aromatic heterocycles. The van der Waals surface area contributed by atoms with E-state index in [0.29, 0.717) is 6.42 Å². The molecule has 2 amide bonds. The van der Waals surface area contributed by atoms with Gasteiger partial charge in [0.25, 0.3) is 0 Å². The second kappa shape index (κ2) is 10.4. The van der Waals surface area contributed by atoms with Crippen LogP contribution in [0.1, 0.15) is 77.3 Å². The van der Waals surface area contributed by atoms with E-state index in [0.717, 1.165) is 36.2 Å². The third kappa shape index (κ3) is 4.92. The van der Waals surface area contributed by atoms with Crippen molar-refractivity contribution in [3.63, 3.8) is 0 Å². The van der Waals surface area contributed by atoms with Crippen molar-refractivity contribution in [2.24, 2.45) is 0 Å². The van der Waals surface area contributed by atoms with Gasteiger partial charge in [-0.05, 0) is 43.5 Å². The third-order valence-electron chi connectivity index (χ3n) is 6.01. The fourth-order valence-corrected chi connectivity index (χ4v) is 4.58. The van der Waals surface area contributed by atoms with E-state index in [-0.39, 0.29) is 23.9 Å². The maximum atomic E-state index is 13.1. The molecule has 0 unspecified atom stereocenters. The molecule has 160 valence electrons. The van der Waals surface area contributed by atoms with Crippen LogP contribution in [0.2, 0.25) is 0 Å². The summed E-state index contributed by atoms with van der Waals surface area (Å²) in [7, 11) is 0. The molecular weight excluding hydrogens is 372 g/mol. The van der Waals surface area contributed by atoms with Crippen LogP contribution in [0.25, 0.3) is 0 Å². The van der Waals surface area contributed by atoms with Crippen molar-refractivity contribution in [3.8, 4) is 0 Å². The molecule has 30 heavy (non-hydrogen) atoms. The normalized spacial score (nSPS) is 18.0. The number of carbonyl (C=O) groups excluding carboxylic acids is 2. The van der Waals surface area contributed by atoms with E-state index in [1.807, 2.05) is 58.3 Å². The molecule has 3 rings (SSSR count). The fourth-order valence-electron chi connectivity index (χ4n) is 4.58. The molecule has 2 aromatic rings. The highest BCUT2D eigenvalue weighted by molar-refractivity contribution is 5.97. The van der Waals surface area contributed by atoms with Crippen molar-refractivity contribution in [3.05, 3.63) is 60.2 Å². The Morgan fingerprint density at radius 2 is 1.63 bits per heavy atom. The van der Waals surface area contributed by atoms with Gasteiger partial charge in [-0.3, -0.25) is 9.59 Å². The Kier molecular flexibility index (Phi) is 7.67. The van der Waals surface area contributed by atoms with Crippen molar-refractivity contribution in [1.29, 1.82) is 0 Å². The average molecular weight is 407 g/mol. The molecule has 2 atom stereocenters. The molecule has 0 bridgehead atoms. The monoisotopic (exact) mass is 406 g/mol. The lowest BCUT2D eigenvalue weighted by molar-refractivity contribution is -0.119. The summed E-state index contributed by atoms with van der Waals surface area (Å²) in [4.78, 5) is 29.6. The predicted molar refractivity (Wildman–Crippen MR) is 124 cm³/mol. The third-order valence-corrected chi connectivity index (χ3v) is 6.01. The quantitative estimate of drug-likeness (QED) is 0.485. The molecule has 2 aromatic carbocycles. The number of rotatable bonds is 8. The summed E-state index contributed by atoms with van der Waals surface area (Å²) in [5.74, 6) is 0.211. The Morgan fingerprint density at radius 1 is 0.967 bits per heavy atom. The van der Waals surface area contributed by atoms with E-state index in [2.05, 4.69) is 19.9 Å². The maximum absolute atomic E-state index is 13.1. The molecule has 0 N–H and O–H groups in total. The minimum absolute atomic E-state index is 0.0175. The van der Waals surface area contributed by atoms with Crippen LogP contribution in [0.4, 0.5) is 11.4 Å². The minimum atomic E-state index is -0.0790. The number of hydrogen-bond acceptors (Lipinski definition) is 2. The van der Waals surface area contributed by atoms with Gasteiger partial charge in [-0.15, -0.1) is 0 Å². The smallest absolute Gasteiger partial charge is 0.227 e. The van der Waals surface area contributed by atoms with Crippen molar-refractivity contribution in [2.75, 3.05) is 9.80 Å². The van der Waals surface area contributed by atoms with Gasteiger partial charge in [-0.2, -0.15) is 0 Å². The lowest BCUT2D eigenvalue weighted by Crippen LogP contribution is -2.47. The highest BCUT2D eigenvalue weighted by atomic mass is 16.2. The number of unbranched alkanes of at least 4 members (excludes halogenated alkanes) is 4. The molecule has 0 spiro atoms. The zero-order valence-electron chi connectivity index (χ0n) is 18.5. The summed E-state index contributed by atoms with van der Waals surface area (Å²) >= 11 is 0. The van der Waals surface area contributed by atoms with E-state index in [1.54, 1.807) is 6.92 Å². The molecule has 4 heteroatoms. The van der Waals surface area contributed by atoms with Crippen molar-refractivity contribution < 1.29 is 9.59 Å². The number of para-hydroxylation sites is 2. The zero-order valence-corrected chi connectivity index (χ0v) is 18.5. The van der Waals surface area contributed by atoms with Gasteiger partial charge in [0.05, 0.1) is 6.04 Å². The summed E-state index contributed by atoms with van der Waals surface area (Å²) < 4.78 is 0. The van der Waals surface area contributed by atoms with Gasteiger partial charge in [0, 0.05) is 30.8 Å². The number of fused-ring (bicyclic) bond motifs is 1. The van der Waals surface area contributed by atoms with Crippen molar-refractivity contribution in [1.82, 2.24) is 0 Å². The van der Waals surface area contributed by atoms with Crippen LogP contribution in [0.15, 0.2) is 54.6 Å². The first-order valence-electron chi connectivity index (χ1n) is 11.3. The van der Waals surface area contributed by atoms with Crippen LogP contribution < -0.4 is 9.80 Å². The van der Waals surface area contributed by atoms with Gasteiger partial charge >= 0.3 is 0 Å². The van der Waals surface area contributed by atoms with Crippen molar-refractivity contribution >= 4 is 23.2 Å². The van der Waals surface area contributed by atoms with Gasteiger partial charge in [0.15, 0.2) is 0 Å². The second-order valence-corrected chi connectivity index (χ2v) is 8.31. The Labute approximate surface area is 180 Å². The largest absolute Gasteiger partial charge is 0.309 e. The summed E-state index contributed by atoms with van der Waals surface area (Å²) in [5, 5.41) is 0. The van der Waals surface area contributed by atoms with Crippen LogP contribution in [0.5, 0.6) is 0 Å². The molecule has 1 aliphatic heterocycles. The van der Waals surface area contributed by atoms with Gasteiger partial charge in [0.1, 0.15) is 0 Å². The molecule has 0 fully saturated rings. The van der Waals surface area contributed by atoms with E-state index in [1.165, 1.54) is 19.3 Å². The van der Waals surface area contributed by atoms with Crippen LogP contribution >= 0.6 is 0 Å². The van der Waals surface area contributed by atoms with Crippen molar-refractivity contribution in [2.45, 2.75) is 77.8 Å². The summed E-state index contributed by atoms with van der Waals surface area (Å²) in [6.45, 7) is 5.92. The highest BCUT2D eigenvalue weighted by Crippen LogP contribution is 2.42. The van der Waals surface area contributed by atoms with Gasteiger partial charge in [-0.25, -0.2) is 0 Å². The van der Waals surface area contributed by atoms with Gasteiger partial charge in [0.2, 0.25) is 11.8 Å². The minimum Gasteiger partial charge on any atom is -0.309 e. The summed E-state index contributed by atoms with van der Waals surface area (Å²) in [6, 6.07) is 17.8. The van der Waals surface area contributed by atoms with E-state index in [9.17, 15) is 9.59 Å². The predicted octanol–water partition coefficient (Wildman–Crippen LogP) is 6.27. The number of anilines is 2. The summed E-state index contributed by atoms with van der Waals surface area (Å²) in [5.41, 5.74) is 2.89. The van der Waals surface area contributed by atoms with E-state index >= 15 is 0 Å². The molecule has 1 heterocycles. The van der Waals surface area contributed by atoms with E-state index in [4.69, 9.17) is 0 Å².